The Morgan fingerprint density at radius 1 is 0.929 bits per heavy atom. The van der Waals surface area contributed by atoms with Crippen molar-refractivity contribution < 1.29 is 32.3 Å². The number of urea groups is 1. The van der Waals surface area contributed by atoms with Crippen LogP contribution >= 0.6 is 11.3 Å². The summed E-state index contributed by atoms with van der Waals surface area (Å²) < 4.78 is 33.2. The van der Waals surface area contributed by atoms with E-state index in [-0.39, 0.29) is 12.5 Å². The highest BCUT2D eigenvalue weighted by atomic mass is 32.2. The normalized spacial score (nSPS) is 19.0. The number of nitrogens with one attached hydrogen (secondary N) is 1. The minimum Gasteiger partial charge on any atom is -0.383 e. The van der Waals surface area contributed by atoms with Crippen LogP contribution in [0.2, 0.25) is 0 Å². The monoisotopic (exact) mass is 793 g/mol. The second-order valence-corrected chi connectivity index (χ2v) is 17.3. The number of nitrogens with two attached hydrogens (primary N) is 1. The topological polar surface area (TPSA) is 137 Å². The van der Waals surface area contributed by atoms with Gasteiger partial charge in [-0.3, -0.25) is 4.79 Å². The van der Waals surface area contributed by atoms with Crippen molar-refractivity contribution in [3.8, 4) is 21.6 Å². The molecule has 1 fully saturated rings. The molecule has 0 radical (unpaired) electrons. The number of sulfone groups is 1. The number of hydroxylamine groups is 1. The van der Waals surface area contributed by atoms with Crippen LogP contribution in [0.5, 0.6) is 0 Å². The number of primary amides is 1. The fourth-order valence-corrected chi connectivity index (χ4v) is 9.77. The van der Waals surface area contributed by atoms with E-state index in [9.17, 15) is 18.0 Å². The minimum absolute atomic E-state index is 0.150. The lowest BCUT2D eigenvalue weighted by molar-refractivity contribution is -0.163. The van der Waals surface area contributed by atoms with Crippen LogP contribution in [0.1, 0.15) is 59.2 Å². The zero-order valence-electron chi connectivity index (χ0n) is 31.4. The lowest BCUT2D eigenvalue weighted by Crippen LogP contribution is -2.44. The highest BCUT2D eigenvalue weighted by Gasteiger charge is 2.26. The molecule has 2 atom stereocenters. The van der Waals surface area contributed by atoms with Gasteiger partial charge in [0.25, 0.3) is 0 Å². The molecule has 1 aromatic heterocycles. The van der Waals surface area contributed by atoms with Gasteiger partial charge in [-0.25, -0.2) is 18.0 Å². The van der Waals surface area contributed by atoms with Crippen LogP contribution < -0.4 is 16.1 Å². The molecule has 10 nitrogen and oxygen atoms in total. The molecular weight excluding hydrogens is 747 g/mol. The molecule has 4 aliphatic rings. The molecule has 3 N–H and O–H groups in total. The Balaban J connectivity index is 0.000000344. The Bertz CT molecular complexity index is 2270. The van der Waals surface area contributed by atoms with Gasteiger partial charge in [-0.1, -0.05) is 72.8 Å². The van der Waals surface area contributed by atoms with Gasteiger partial charge in [-0.2, -0.15) is 5.06 Å². The number of rotatable bonds is 10. The first-order valence-electron chi connectivity index (χ1n) is 19.1. The SMILES string of the molecule is COCCNC(=O)N(OC1CCCCO1)c1cccc(-c2ccc(C3=Cc4ccc5c(c4CC3)CCc3ccccc3-5)s2)c1.NC(=O)CC1C=CC=CS1(=O)=O. The number of ether oxygens (including phenoxy) is 2. The van der Waals surface area contributed by atoms with Crippen molar-refractivity contribution in [3.63, 3.8) is 0 Å². The number of amides is 3. The molecule has 0 saturated carbocycles. The third kappa shape index (κ3) is 9.22. The molecule has 1 saturated heterocycles. The van der Waals surface area contributed by atoms with Crippen LogP contribution in [-0.2, 0) is 48.2 Å². The van der Waals surface area contributed by atoms with Gasteiger partial charge < -0.3 is 20.5 Å². The van der Waals surface area contributed by atoms with E-state index >= 15 is 0 Å². The number of nitrogens with zero attached hydrogens (tertiary/aromatic N) is 1. The van der Waals surface area contributed by atoms with Gasteiger partial charge in [0.15, 0.2) is 16.1 Å². The van der Waals surface area contributed by atoms with E-state index < -0.39 is 27.3 Å². The molecule has 3 aromatic carbocycles. The molecule has 2 unspecified atom stereocenters. The quantitative estimate of drug-likeness (QED) is 0.123. The smallest absolute Gasteiger partial charge is 0.346 e. The summed E-state index contributed by atoms with van der Waals surface area (Å²) in [7, 11) is -1.67. The standard InChI is InChI=1S/C37H38N2O4S.C7H9NO3S/c1-41-22-20-38-37(40)39(43-36-11-4-5-21-42-36)29-9-6-8-27(24-29)34-18-19-35(44-34)28-14-15-31-26(23-28)13-17-32-30-10-3-2-7-25(30)12-16-33(31)32;8-7(9)5-6-3-1-2-4-12(6,10)11/h2-3,6-10,13,17-19,23-24,36H,4-5,11-12,14-16,20-22H2,1H3,(H,38,40);1-4,6H,5H2,(H2,8,9). The summed E-state index contributed by atoms with van der Waals surface area (Å²) >= 11 is 1.80. The molecule has 3 heterocycles. The van der Waals surface area contributed by atoms with E-state index in [4.69, 9.17) is 20.0 Å². The van der Waals surface area contributed by atoms with Crippen molar-refractivity contribution in [1.82, 2.24) is 5.32 Å². The first kappa shape index (κ1) is 39.4. The Morgan fingerprint density at radius 2 is 1.77 bits per heavy atom. The maximum Gasteiger partial charge on any atom is 0.346 e. The van der Waals surface area contributed by atoms with E-state index in [2.05, 4.69) is 66.0 Å². The highest BCUT2D eigenvalue weighted by molar-refractivity contribution is 7.95. The van der Waals surface area contributed by atoms with Crippen molar-refractivity contribution in [2.24, 2.45) is 5.73 Å². The third-order valence-corrected chi connectivity index (χ3v) is 13.3. The Morgan fingerprint density at radius 3 is 2.57 bits per heavy atom. The number of carbonyl (C=O) groups excluding carboxylic acids is 2. The molecule has 0 spiro atoms. The van der Waals surface area contributed by atoms with Gasteiger partial charge in [0.05, 0.1) is 17.5 Å². The molecule has 2 aliphatic heterocycles. The average Bonchev–Trinajstić information content (AvgIpc) is 3.72. The van der Waals surface area contributed by atoms with E-state index in [0.29, 0.717) is 25.4 Å². The van der Waals surface area contributed by atoms with Crippen molar-refractivity contribution in [3.05, 3.63) is 124 Å². The third-order valence-electron chi connectivity index (χ3n) is 10.3. The number of aryl methyl sites for hydroxylation is 1. The van der Waals surface area contributed by atoms with Crippen LogP contribution in [0.3, 0.4) is 0 Å². The maximum atomic E-state index is 13.2. The van der Waals surface area contributed by atoms with Crippen LogP contribution in [0, 0.1) is 0 Å². The van der Waals surface area contributed by atoms with E-state index in [0.717, 1.165) is 60.8 Å². The van der Waals surface area contributed by atoms with Crippen molar-refractivity contribution >= 4 is 50.4 Å². The first-order chi connectivity index (χ1) is 27.2. The number of anilines is 1. The van der Waals surface area contributed by atoms with Crippen LogP contribution in [-0.4, -0.2) is 58.8 Å². The number of fused-ring (bicyclic) bond motifs is 5. The number of hydrogen-bond donors (Lipinski definition) is 2. The van der Waals surface area contributed by atoms with Crippen molar-refractivity contribution in [1.29, 1.82) is 0 Å². The summed E-state index contributed by atoms with van der Waals surface area (Å²) in [5.74, 6) is -0.608. The largest absolute Gasteiger partial charge is 0.383 e. The molecule has 292 valence electrons. The molecule has 4 aromatic rings. The molecule has 2 aliphatic carbocycles. The van der Waals surface area contributed by atoms with Gasteiger partial charge >= 0.3 is 6.03 Å². The highest BCUT2D eigenvalue weighted by Crippen LogP contribution is 2.42. The second kappa shape index (κ2) is 18.0. The fourth-order valence-electron chi connectivity index (χ4n) is 7.51. The molecule has 8 rings (SSSR count). The summed E-state index contributed by atoms with van der Waals surface area (Å²) in [6.45, 7) is 1.45. The number of thiophene rings is 1. The van der Waals surface area contributed by atoms with Gasteiger partial charge in [0, 0.05) is 48.3 Å². The Kier molecular flexibility index (Phi) is 12.6. The summed E-state index contributed by atoms with van der Waals surface area (Å²) in [6, 6.07) is 25.6. The van der Waals surface area contributed by atoms with Crippen LogP contribution in [0.15, 0.2) is 96.4 Å². The zero-order valence-corrected chi connectivity index (χ0v) is 33.1. The number of benzene rings is 3. The van der Waals surface area contributed by atoms with Crippen molar-refractivity contribution in [2.45, 2.75) is 62.9 Å². The van der Waals surface area contributed by atoms with E-state index in [1.807, 2.05) is 18.2 Å². The number of allylic oxidation sites excluding steroid dienone is 3. The first-order valence-corrected chi connectivity index (χ1v) is 21.5. The Hall–Kier alpha value is -4.85. The van der Waals surface area contributed by atoms with Crippen LogP contribution in [0.4, 0.5) is 10.5 Å². The van der Waals surface area contributed by atoms with Crippen LogP contribution in [0.25, 0.3) is 33.2 Å². The van der Waals surface area contributed by atoms with Gasteiger partial charge in [-0.05, 0) is 107 Å². The number of methoxy groups -OCH3 is 1. The average molecular weight is 794 g/mol. The van der Waals surface area contributed by atoms with E-state index in [1.165, 1.54) is 61.0 Å². The molecule has 0 bridgehead atoms. The van der Waals surface area contributed by atoms with Gasteiger partial charge in [0.2, 0.25) is 5.91 Å². The zero-order chi connectivity index (χ0) is 39.1. The second-order valence-electron chi connectivity index (χ2n) is 14.1. The predicted octanol–water partition coefficient (Wildman–Crippen LogP) is 8.02. The summed E-state index contributed by atoms with van der Waals surface area (Å²) in [6.07, 6.45) is 13.4. The summed E-state index contributed by atoms with van der Waals surface area (Å²) in [4.78, 5) is 32.2. The van der Waals surface area contributed by atoms with E-state index in [1.54, 1.807) is 24.5 Å². The lowest BCUT2D eigenvalue weighted by atomic mass is 9.78. The summed E-state index contributed by atoms with van der Waals surface area (Å²) in [5.41, 5.74) is 16.7. The van der Waals surface area contributed by atoms with Crippen molar-refractivity contribution in [2.75, 3.05) is 31.9 Å². The maximum absolute atomic E-state index is 13.2. The molecule has 12 heteroatoms. The van der Waals surface area contributed by atoms with Gasteiger partial charge in [-0.15, -0.1) is 11.3 Å². The fraction of sp³-hybridized carbons (Fsp3) is 0.318. The van der Waals surface area contributed by atoms with Gasteiger partial charge in [0.1, 0.15) is 0 Å². The predicted molar refractivity (Wildman–Crippen MR) is 222 cm³/mol. The number of hydrogen-bond acceptors (Lipinski definition) is 8. The molecular formula is C44H47N3O7S2. The minimum atomic E-state index is -3.29. The summed E-state index contributed by atoms with van der Waals surface area (Å²) in [5, 5.41) is 4.53. The molecule has 3 amide bonds. The molecule has 56 heavy (non-hydrogen) atoms. The number of carbonyl (C=O) groups is 2. The lowest BCUT2D eigenvalue weighted by Gasteiger charge is -2.29. The Labute approximate surface area is 332 Å².